The van der Waals surface area contributed by atoms with Gasteiger partial charge in [-0.1, -0.05) is 0 Å². The number of carbonyl (C=O) groups is 1. The van der Waals surface area contributed by atoms with Crippen molar-refractivity contribution in [1.82, 2.24) is 0 Å². The third-order valence-electron chi connectivity index (χ3n) is 0.453. The highest BCUT2D eigenvalue weighted by Gasteiger charge is 1.81. The average Bonchev–Trinajstić information content (AvgIpc) is 1.66. The standard InChI is InChI=1S/C4H7NO3.ClH/c5-8-3-1-2-4(6)7;/h1-2H,3,5H2,(H,6,7);1H/b2-1+;. The van der Waals surface area contributed by atoms with Crippen LogP contribution in [0.1, 0.15) is 0 Å². The van der Waals surface area contributed by atoms with Crippen molar-refractivity contribution in [2.75, 3.05) is 6.61 Å². The van der Waals surface area contributed by atoms with Crippen molar-refractivity contribution in [1.29, 1.82) is 0 Å². The number of halogens is 1. The van der Waals surface area contributed by atoms with Crippen molar-refractivity contribution in [3.63, 3.8) is 0 Å². The second-order valence-electron chi connectivity index (χ2n) is 1.07. The van der Waals surface area contributed by atoms with Gasteiger partial charge in [-0.05, 0) is 6.08 Å². The van der Waals surface area contributed by atoms with Crippen LogP contribution in [0.15, 0.2) is 12.2 Å². The Morgan fingerprint density at radius 3 is 2.67 bits per heavy atom. The number of carboxylic acid groups (broad SMARTS) is 1. The van der Waals surface area contributed by atoms with Crippen molar-refractivity contribution >= 4 is 18.4 Å². The van der Waals surface area contributed by atoms with Crippen LogP contribution in [0, 0.1) is 0 Å². The molecule has 0 spiro atoms. The highest BCUT2D eigenvalue weighted by molar-refractivity contribution is 5.85. The molecule has 0 aromatic heterocycles. The monoisotopic (exact) mass is 153 g/mol. The van der Waals surface area contributed by atoms with Crippen LogP contribution in [0.2, 0.25) is 0 Å². The molecule has 0 aromatic carbocycles. The van der Waals surface area contributed by atoms with Crippen molar-refractivity contribution in [3.05, 3.63) is 12.2 Å². The fourth-order valence-corrected chi connectivity index (χ4v) is 0.204. The van der Waals surface area contributed by atoms with Crippen molar-refractivity contribution in [2.45, 2.75) is 0 Å². The summed E-state index contributed by atoms with van der Waals surface area (Å²) in [4.78, 5) is 13.7. The SMILES string of the molecule is Cl.NOC/C=C/C(=O)O. The van der Waals surface area contributed by atoms with E-state index in [0.717, 1.165) is 6.08 Å². The molecule has 0 rings (SSSR count). The Hall–Kier alpha value is -0.580. The second-order valence-corrected chi connectivity index (χ2v) is 1.07. The summed E-state index contributed by atoms with van der Waals surface area (Å²) in [6, 6.07) is 0. The number of hydrogen-bond donors (Lipinski definition) is 2. The molecule has 0 radical (unpaired) electrons. The van der Waals surface area contributed by atoms with E-state index in [2.05, 4.69) is 10.7 Å². The Morgan fingerprint density at radius 2 is 2.33 bits per heavy atom. The fraction of sp³-hybridized carbons (Fsp3) is 0.250. The summed E-state index contributed by atoms with van der Waals surface area (Å²) in [5.74, 6) is 3.57. The Labute approximate surface area is 58.7 Å². The maximum atomic E-state index is 9.69. The van der Waals surface area contributed by atoms with Gasteiger partial charge in [0.25, 0.3) is 0 Å². The van der Waals surface area contributed by atoms with Gasteiger partial charge in [-0.15, -0.1) is 12.4 Å². The first-order valence-electron chi connectivity index (χ1n) is 1.98. The van der Waals surface area contributed by atoms with Gasteiger partial charge < -0.3 is 9.94 Å². The third kappa shape index (κ3) is 11.2. The topological polar surface area (TPSA) is 72.5 Å². The zero-order valence-corrected chi connectivity index (χ0v) is 5.43. The van der Waals surface area contributed by atoms with Gasteiger partial charge in [0, 0.05) is 6.08 Å². The maximum absolute atomic E-state index is 9.69. The lowest BCUT2D eigenvalue weighted by atomic mass is 10.5. The molecule has 0 aliphatic carbocycles. The van der Waals surface area contributed by atoms with Gasteiger partial charge in [0.05, 0.1) is 6.61 Å². The van der Waals surface area contributed by atoms with Gasteiger partial charge >= 0.3 is 5.97 Å². The van der Waals surface area contributed by atoms with Gasteiger partial charge in [-0.3, -0.25) is 0 Å². The lowest BCUT2D eigenvalue weighted by molar-refractivity contribution is -0.131. The Bertz CT molecular complexity index is 104. The van der Waals surface area contributed by atoms with Gasteiger partial charge in [0.2, 0.25) is 0 Å². The summed E-state index contributed by atoms with van der Waals surface area (Å²) < 4.78 is 0. The Morgan fingerprint density at radius 1 is 1.78 bits per heavy atom. The molecule has 0 aliphatic heterocycles. The second kappa shape index (κ2) is 7.42. The Balaban J connectivity index is 0. The van der Waals surface area contributed by atoms with E-state index in [9.17, 15) is 4.79 Å². The summed E-state index contributed by atoms with van der Waals surface area (Å²) in [6.07, 6.45) is 2.27. The molecule has 0 aromatic rings. The van der Waals surface area contributed by atoms with E-state index in [0.29, 0.717) is 0 Å². The molecule has 0 bridgehead atoms. The summed E-state index contributed by atoms with van der Waals surface area (Å²) in [5.41, 5.74) is 0. The molecule has 0 heterocycles. The molecule has 0 amide bonds. The molecule has 0 unspecified atom stereocenters. The number of rotatable bonds is 3. The first-order valence-corrected chi connectivity index (χ1v) is 1.98. The van der Waals surface area contributed by atoms with Crippen molar-refractivity contribution in [3.8, 4) is 0 Å². The zero-order chi connectivity index (χ0) is 6.41. The predicted octanol–water partition coefficient (Wildman–Crippen LogP) is -0.0607. The lowest BCUT2D eigenvalue weighted by Crippen LogP contribution is -1.98. The molecule has 54 valence electrons. The van der Waals surface area contributed by atoms with E-state index >= 15 is 0 Å². The van der Waals surface area contributed by atoms with E-state index in [1.54, 1.807) is 0 Å². The highest BCUT2D eigenvalue weighted by atomic mass is 35.5. The van der Waals surface area contributed by atoms with Crippen LogP contribution in [0.4, 0.5) is 0 Å². The first kappa shape index (κ1) is 11.2. The molecule has 9 heavy (non-hydrogen) atoms. The molecular formula is C4H8ClNO3. The minimum absolute atomic E-state index is 0. The maximum Gasteiger partial charge on any atom is 0.328 e. The summed E-state index contributed by atoms with van der Waals surface area (Å²) in [6.45, 7) is 0.131. The molecule has 5 heteroatoms. The Kier molecular flexibility index (Phi) is 9.27. The van der Waals surface area contributed by atoms with Crippen LogP contribution >= 0.6 is 12.4 Å². The molecular weight excluding hydrogens is 146 g/mol. The molecule has 3 N–H and O–H groups in total. The van der Waals surface area contributed by atoms with Gasteiger partial charge in [-0.2, -0.15) is 0 Å². The minimum Gasteiger partial charge on any atom is -0.478 e. The summed E-state index contributed by atoms with van der Waals surface area (Å²) in [5, 5.41) is 7.96. The van der Waals surface area contributed by atoms with Crippen molar-refractivity contribution in [2.24, 2.45) is 5.90 Å². The largest absolute Gasteiger partial charge is 0.478 e. The van der Waals surface area contributed by atoms with E-state index in [-0.39, 0.29) is 19.0 Å². The molecule has 4 nitrogen and oxygen atoms in total. The van der Waals surface area contributed by atoms with Crippen LogP contribution in [0.3, 0.4) is 0 Å². The highest BCUT2D eigenvalue weighted by Crippen LogP contribution is 1.70. The first-order chi connectivity index (χ1) is 3.77. The van der Waals surface area contributed by atoms with E-state index in [1.807, 2.05) is 0 Å². The number of carboxylic acids is 1. The number of hydrogen-bond acceptors (Lipinski definition) is 3. The molecule has 0 aliphatic rings. The number of nitrogens with two attached hydrogens (primary N) is 1. The summed E-state index contributed by atoms with van der Waals surface area (Å²) in [7, 11) is 0. The van der Waals surface area contributed by atoms with Gasteiger partial charge in [-0.25, -0.2) is 10.7 Å². The van der Waals surface area contributed by atoms with Gasteiger partial charge in [0.15, 0.2) is 0 Å². The average molecular weight is 154 g/mol. The quantitative estimate of drug-likeness (QED) is 0.440. The van der Waals surface area contributed by atoms with E-state index in [4.69, 9.17) is 5.11 Å². The van der Waals surface area contributed by atoms with Gasteiger partial charge in [0.1, 0.15) is 0 Å². The van der Waals surface area contributed by atoms with Crippen LogP contribution in [-0.2, 0) is 9.63 Å². The van der Waals surface area contributed by atoms with Crippen LogP contribution in [-0.4, -0.2) is 17.7 Å². The molecule has 0 saturated carbocycles. The smallest absolute Gasteiger partial charge is 0.328 e. The zero-order valence-electron chi connectivity index (χ0n) is 4.61. The summed E-state index contributed by atoms with van der Waals surface area (Å²) >= 11 is 0. The van der Waals surface area contributed by atoms with Crippen LogP contribution in [0.25, 0.3) is 0 Å². The van der Waals surface area contributed by atoms with Crippen molar-refractivity contribution < 1.29 is 14.7 Å². The predicted molar refractivity (Wildman–Crippen MR) is 34.2 cm³/mol. The minimum atomic E-state index is -0.998. The van der Waals surface area contributed by atoms with E-state index in [1.165, 1.54) is 6.08 Å². The molecule has 0 saturated heterocycles. The molecule has 0 fully saturated rings. The van der Waals surface area contributed by atoms with Crippen LogP contribution < -0.4 is 5.90 Å². The normalized spacial score (nSPS) is 9.00. The number of aliphatic carboxylic acids is 1. The van der Waals surface area contributed by atoms with Crippen LogP contribution in [0.5, 0.6) is 0 Å². The third-order valence-corrected chi connectivity index (χ3v) is 0.453. The molecule has 0 atom stereocenters. The van der Waals surface area contributed by atoms with E-state index < -0.39 is 5.97 Å². The lowest BCUT2D eigenvalue weighted by Gasteiger charge is -1.82. The fourth-order valence-electron chi connectivity index (χ4n) is 0.204.